The van der Waals surface area contributed by atoms with Crippen molar-refractivity contribution in [3.05, 3.63) is 18.2 Å². The van der Waals surface area contributed by atoms with Crippen molar-refractivity contribution >= 4 is 43.3 Å². The van der Waals surface area contributed by atoms with Gasteiger partial charge in [-0.25, -0.2) is 9.55 Å². The number of H-pyrrole nitrogens is 1. The van der Waals surface area contributed by atoms with Crippen molar-refractivity contribution in [3.8, 4) is 0 Å². The van der Waals surface area contributed by atoms with E-state index in [1.165, 1.54) is 24.3 Å². The Morgan fingerprint density at radius 1 is 1.02 bits per heavy atom. The number of nitrogens with one attached hydrogen (secondary N) is 5. The van der Waals surface area contributed by atoms with Gasteiger partial charge in [0.2, 0.25) is 35.4 Å². The van der Waals surface area contributed by atoms with Gasteiger partial charge in [-0.05, 0) is 38.5 Å². The standard InChI is InChI=1S/C30H51N8O13P/c1-16(2)10-21(35-30(47)24-6-5-8-38(24)18(4)41)27(44)34-22(11-19-12-32-15-33-19)28(45)36-23(14-40)29(46)37-25(26(31)43)17(3)51-52(48,49)50-9-7-20(42)13-39/h12,15-17,20-25,39-40,42H,5-11,13-14H2,1-4H3,(H2,31,43)(H,32,33)(H,34,44)(H,35,47)(H,36,45)(H,37,46)(H,48,49)/t17-,20-,21+,22+,23+,24?,25+/m1/s1. The van der Waals surface area contributed by atoms with Crippen LogP contribution in [-0.2, 0) is 48.8 Å². The van der Waals surface area contributed by atoms with Gasteiger partial charge in [0.05, 0.1) is 38.4 Å². The molecule has 1 aromatic rings. The average molecular weight is 763 g/mol. The molecule has 2 heterocycles. The number of phosphoric ester groups is 1. The van der Waals surface area contributed by atoms with Gasteiger partial charge < -0.3 is 57.1 Å². The van der Waals surface area contributed by atoms with Crippen molar-refractivity contribution in [1.29, 1.82) is 0 Å². The molecule has 0 radical (unpaired) electrons. The Hall–Kier alpha value is -3.98. The molecule has 0 saturated carbocycles. The fourth-order valence-corrected chi connectivity index (χ4v) is 6.26. The Kier molecular flexibility index (Phi) is 17.8. The second-order valence-corrected chi connectivity index (χ2v) is 14.2. The third-order valence-corrected chi connectivity index (χ3v) is 9.12. The molecule has 1 fully saturated rings. The summed E-state index contributed by atoms with van der Waals surface area (Å²) in [6.07, 6.45) is 0.743. The number of nitrogens with zero attached hydrogens (tertiary/aromatic N) is 2. The number of phosphoric acid groups is 1. The molecular formula is C30H51N8O13P. The van der Waals surface area contributed by atoms with Crippen LogP contribution in [0.5, 0.6) is 0 Å². The lowest BCUT2D eigenvalue weighted by Crippen LogP contribution is -2.61. The molecule has 0 aromatic carbocycles. The zero-order chi connectivity index (χ0) is 39.2. The van der Waals surface area contributed by atoms with Gasteiger partial charge in [-0.3, -0.25) is 37.8 Å². The van der Waals surface area contributed by atoms with Gasteiger partial charge in [0.1, 0.15) is 30.2 Å². The van der Waals surface area contributed by atoms with E-state index in [-0.39, 0.29) is 31.1 Å². The highest BCUT2D eigenvalue weighted by molar-refractivity contribution is 7.47. The number of hydrogen-bond donors (Lipinski definition) is 10. The molecular weight excluding hydrogens is 711 g/mol. The SMILES string of the molecule is CC(=O)N1CCCC1C(=O)N[C@@H](CC(C)C)C(=O)N[C@@H](Cc1cnc[nH]1)C(=O)N[C@@H](CO)C(=O)N[C@H](C(N)=O)[C@@H](C)OP(=O)(O)OCC[C@@H](O)CO. The number of rotatable bonds is 22. The van der Waals surface area contributed by atoms with Crippen LogP contribution in [0.15, 0.2) is 12.5 Å². The minimum Gasteiger partial charge on any atom is -0.394 e. The zero-order valence-electron chi connectivity index (χ0n) is 29.5. The summed E-state index contributed by atoms with van der Waals surface area (Å²) < 4.78 is 22.0. The van der Waals surface area contributed by atoms with E-state index in [9.17, 15) is 48.4 Å². The lowest BCUT2D eigenvalue weighted by atomic mass is 10.0. The predicted octanol–water partition coefficient (Wildman–Crippen LogP) is -3.31. The molecule has 52 heavy (non-hydrogen) atoms. The molecule has 1 saturated heterocycles. The number of imidazole rings is 1. The van der Waals surface area contributed by atoms with E-state index in [2.05, 4.69) is 31.2 Å². The molecule has 1 aromatic heterocycles. The Balaban J connectivity index is 2.19. The van der Waals surface area contributed by atoms with Gasteiger partial charge in [0, 0.05) is 31.8 Å². The molecule has 294 valence electrons. The Morgan fingerprint density at radius 2 is 1.65 bits per heavy atom. The normalized spacial score (nSPS) is 19.0. The fraction of sp³-hybridized carbons (Fsp3) is 0.700. The molecule has 2 unspecified atom stereocenters. The topological polar surface area (TPSA) is 325 Å². The molecule has 1 aliphatic heterocycles. The number of carbonyl (C=O) groups is 6. The summed E-state index contributed by atoms with van der Waals surface area (Å²) in [6.45, 7) is 4.39. The molecule has 0 bridgehead atoms. The average Bonchev–Trinajstić information content (AvgIpc) is 3.77. The van der Waals surface area contributed by atoms with Gasteiger partial charge in [-0.1, -0.05) is 13.8 Å². The van der Waals surface area contributed by atoms with E-state index in [0.717, 1.165) is 6.92 Å². The molecule has 8 atom stereocenters. The molecule has 1 aliphatic rings. The third kappa shape index (κ3) is 14.2. The summed E-state index contributed by atoms with van der Waals surface area (Å²) in [5, 5.41) is 38.0. The van der Waals surface area contributed by atoms with Gasteiger partial charge in [0.15, 0.2) is 0 Å². The zero-order valence-corrected chi connectivity index (χ0v) is 30.4. The van der Waals surface area contributed by atoms with Gasteiger partial charge >= 0.3 is 7.82 Å². The Morgan fingerprint density at radius 3 is 2.21 bits per heavy atom. The lowest BCUT2D eigenvalue weighted by molar-refractivity contribution is -0.139. The summed E-state index contributed by atoms with van der Waals surface area (Å²) >= 11 is 0. The van der Waals surface area contributed by atoms with Crippen molar-refractivity contribution in [1.82, 2.24) is 36.1 Å². The number of aromatic amines is 1. The number of aliphatic hydroxyl groups excluding tert-OH is 3. The van der Waals surface area contributed by atoms with Crippen LogP contribution in [0.2, 0.25) is 0 Å². The van der Waals surface area contributed by atoms with Crippen LogP contribution in [0, 0.1) is 5.92 Å². The van der Waals surface area contributed by atoms with Crippen molar-refractivity contribution < 1.29 is 62.6 Å². The van der Waals surface area contributed by atoms with Crippen LogP contribution in [0.25, 0.3) is 0 Å². The van der Waals surface area contributed by atoms with E-state index >= 15 is 0 Å². The van der Waals surface area contributed by atoms with Crippen LogP contribution in [0.3, 0.4) is 0 Å². The second-order valence-electron chi connectivity index (χ2n) is 12.8. The Bertz CT molecular complexity index is 1420. The van der Waals surface area contributed by atoms with E-state index < -0.39 is 99.6 Å². The summed E-state index contributed by atoms with van der Waals surface area (Å²) in [5.41, 5.74) is 5.78. The highest BCUT2D eigenvalue weighted by Crippen LogP contribution is 2.45. The van der Waals surface area contributed by atoms with Crippen LogP contribution in [0.1, 0.15) is 59.1 Å². The molecule has 2 rings (SSSR count). The number of aromatic nitrogens is 2. The minimum absolute atomic E-state index is 0.0825. The molecule has 22 heteroatoms. The maximum Gasteiger partial charge on any atom is 0.472 e. The number of amides is 6. The number of primary amides is 1. The second kappa shape index (κ2) is 20.9. The van der Waals surface area contributed by atoms with Crippen molar-refractivity contribution in [2.45, 2.75) is 102 Å². The quantitative estimate of drug-likeness (QED) is 0.0518. The van der Waals surface area contributed by atoms with Crippen LogP contribution < -0.4 is 27.0 Å². The van der Waals surface area contributed by atoms with Crippen LogP contribution >= 0.6 is 7.82 Å². The predicted molar refractivity (Wildman–Crippen MR) is 180 cm³/mol. The van der Waals surface area contributed by atoms with Crippen molar-refractivity contribution in [3.63, 3.8) is 0 Å². The monoisotopic (exact) mass is 762 g/mol. The summed E-state index contributed by atoms with van der Waals surface area (Å²) in [4.78, 5) is 95.9. The smallest absolute Gasteiger partial charge is 0.394 e. The van der Waals surface area contributed by atoms with Crippen LogP contribution in [0.4, 0.5) is 0 Å². The molecule has 11 N–H and O–H groups in total. The van der Waals surface area contributed by atoms with E-state index in [0.29, 0.717) is 25.1 Å². The summed E-state index contributed by atoms with van der Waals surface area (Å²) in [6, 6.07) is -6.76. The first-order chi connectivity index (χ1) is 24.4. The first kappa shape index (κ1) is 44.2. The summed E-state index contributed by atoms with van der Waals surface area (Å²) in [5.74, 6) is -4.94. The third-order valence-electron chi connectivity index (χ3n) is 8.02. The number of likely N-dealkylation sites (tertiary alicyclic amines) is 1. The fourth-order valence-electron chi connectivity index (χ4n) is 5.32. The number of aliphatic hydroxyl groups is 3. The minimum atomic E-state index is -4.86. The molecule has 21 nitrogen and oxygen atoms in total. The van der Waals surface area contributed by atoms with Crippen LogP contribution in [-0.4, -0.2) is 139 Å². The van der Waals surface area contributed by atoms with Gasteiger partial charge in [-0.2, -0.15) is 0 Å². The first-order valence-electron chi connectivity index (χ1n) is 16.7. The van der Waals surface area contributed by atoms with Gasteiger partial charge in [0.25, 0.3) is 0 Å². The van der Waals surface area contributed by atoms with E-state index in [1.807, 2.05) is 13.8 Å². The van der Waals surface area contributed by atoms with E-state index in [4.69, 9.17) is 19.9 Å². The van der Waals surface area contributed by atoms with Crippen molar-refractivity contribution in [2.75, 3.05) is 26.4 Å². The maximum absolute atomic E-state index is 13.6. The van der Waals surface area contributed by atoms with E-state index in [1.54, 1.807) is 0 Å². The van der Waals surface area contributed by atoms with Gasteiger partial charge in [-0.15, -0.1) is 0 Å². The molecule has 6 amide bonds. The first-order valence-corrected chi connectivity index (χ1v) is 18.2. The number of hydrogen-bond acceptors (Lipinski definition) is 13. The Labute approximate surface area is 300 Å². The maximum atomic E-state index is 13.6. The highest BCUT2D eigenvalue weighted by atomic mass is 31.2. The number of nitrogens with two attached hydrogens (primary N) is 1. The highest BCUT2D eigenvalue weighted by Gasteiger charge is 2.37. The number of carbonyl (C=O) groups excluding carboxylic acids is 6. The van der Waals surface area contributed by atoms with Crippen molar-refractivity contribution in [2.24, 2.45) is 11.7 Å². The summed E-state index contributed by atoms with van der Waals surface area (Å²) in [7, 11) is -4.86. The largest absolute Gasteiger partial charge is 0.472 e. The lowest BCUT2D eigenvalue weighted by Gasteiger charge is -2.28. The molecule has 0 aliphatic carbocycles. The molecule has 0 spiro atoms.